The number of hydroxylamine groups is 1. The van der Waals surface area contributed by atoms with Crippen LogP contribution in [0.5, 0.6) is 0 Å². The summed E-state index contributed by atoms with van der Waals surface area (Å²) in [5.74, 6) is -1.11. The van der Waals surface area contributed by atoms with Crippen LogP contribution in [0.2, 0.25) is 0 Å². The van der Waals surface area contributed by atoms with Crippen molar-refractivity contribution in [3.05, 3.63) is 22.4 Å². The molecule has 3 amide bonds. The second kappa shape index (κ2) is 9.18. The topological polar surface area (TPSA) is 99.2 Å². The van der Waals surface area contributed by atoms with Crippen molar-refractivity contribution < 1.29 is 24.3 Å². The van der Waals surface area contributed by atoms with Gasteiger partial charge in [0, 0.05) is 18.0 Å². The van der Waals surface area contributed by atoms with Crippen LogP contribution in [0.1, 0.15) is 38.5 Å². The molecule has 2 N–H and O–H groups in total. The predicted octanol–water partition coefficient (Wildman–Crippen LogP) is 2.02. The molecule has 0 aliphatic carbocycles. The third kappa shape index (κ3) is 6.21. The van der Waals surface area contributed by atoms with E-state index in [1.807, 2.05) is 17.5 Å². The summed E-state index contributed by atoms with van der Waals surface area (Å²) in [7, 11) is 0. The second-order valence-electron chi connectivity index (χ2n) is 7.45. The molecule has 0 spiro atoms. The fourth-order valence-electron chi connectivity index (χ4n) is 2.94. The molecule has 1 saturated heterocycles. The van der Waals surface area contributed by atoms with E-state index in [1.54, 1.807) is 37.6 Å². The number of ether oxygens (including phenoxy) is 1. The maximum absolute atomic E-state index is 13.0. The van der Waals surface area contributed by atoms with E-state index in [0.717, 1.165) is 4.88 Å². The minimum absolute atomic E-state index is 0.280. The number of carbonyl (C=O) groups excluding carboxylic acids is 3. The van der Waals surface area contributed by atoms with Gasteiger partial charge in [0.25, 0.3) is 5.91 Å². The number of amides is 3. The number of likely N-dealkylation sites (tertiary alicyclic amines) is 1. The number of rotatable bonds is 6. The first-order valence-electron chi connectivity index (χ1n) is 8.95. The maximum Gasteiger partial charge on any atom is 0.329 e. The fraction of sp³-hybridized carbons (Fsp3) is 0.611. The molecule has 2 rings (SSSR count). The normalized spacial score (nSPS) is 16.9. The molecule has 1 aromatic rings. The predicted molar refractivity (Wildman–Crippen MR) is 100 cm³/mol. The fourth-order valence-corrected chi connectivity index (χ4v) is 3.64. The van der Waals surface area contributed by atoms with Crippen molar-refractivity contribution in [3.63, 3.8) is 0 Å². The minimum Gasteiger partial charge on any atom is -0.458 e. The molecular formula is C18H27N3O5S. The molecule has 0 radical (unpaired) electrons. The average Bonchev–Trinajstić information content (AvgIpc) is 3.27. The van der Waals surface area contributed by atoms with Crippen LogP contribution < -0.4 is 5.48 Å². The van der Waals surface area contributed by atoms with E-state index in [-0.39, 0.29) is 6.54 Å². The number of urea groups is 1. The lowest BCUT2D eigenvalue weighted by molar-refractivity contribution is -0.159. The number of hydrogen-bond donors (Lipinski definition) is 2. The van der Waals surface area contributed by atoms with Crippen LogP contribution in [0.15, 0.2) is 17.5 Å². The first-order chi connectivity index (χ1) is 12.7. The Labute approximate surface area is 163 Å². The van der Waals surface area contributed by atoms with Crippen molar-refractivity contribution in [2.45, 2.75) is 51.7 Å². The van der Waals surface area contributed by atoms with Gasteiger partial charge in [0.2, 0.25) is 0 Å². The summed E-state index contributed by atoms with van der Waals surface area (Å²) in [4.78, 5) is 41.0. The number of esters is 1. The standard InChI is InChI=1S/C18H27N3O5S/c1-18(2,3)26-16(23)14-7-4-9-21(14)17(24)20(12-15(22)19-25)10-8-13-6-5-11-27-13/h5-6,11,14,25H,4,7-10,12H2,1-3H3,(H,19,22)/t14-/m0/s1. The Morgan fingerprint density at radius 3 is 2.74 bits per heavy atom. The summed E-state index contributed by atoms with van der Waals surface area (Å²) < 4.78 is 5.43. The molecule has 0 aromatic carbocycles. The summed E-state index contributed by atoms with van der Waals surface area (Å²) in [6, 6.07) is 2.83. The highest BCUT2D eigenvalue weighted by Gasteiger charge is 2.39. The Hall–Kier alpha value is -2.13. The molecule has 0 unspecified atom stereocenters. The molecule has 1 aromatic heterocycles. The molecule has 9 heteroatoms. The number of thiophene rings is 1. The third-order valence-electron chi connectivity index (χ3n) is 4.12. The Balaban J connectivity index is 2.09. The van der Waals surface area contributed by atoms with Gasteiger partial charge in [-0.05, 0) is 51.5 Å². The number of hydrogen-bond acceptors (Lipinski definition) is 6. The van der Waals surface area contributed by atoms with Gasteiger partial charge >= 0.3 is 12.0 Å². The molecule has 1 aliphatic heterocycles. The zero-order valence-electron chi connectivity index (χ0n) is 15.9. The Morgan fingerprint density at radius 1 is 1.41 bits per heavy atom. The molecule has 2 heterocycles. The van der Waals surface area contributed by atoms with Crippen LogP contribution in [0.3, 0.4) is 0 Å². The first-order valence-corrected chi connectivity index (χ1v) is 9.83. The van der Waals surface area contributed by atoms with Gasteiger partial charge in [-0.3, -0.25) is 10.0 Å². The van der Waals surface area contributed by atoms with Gasteiger partial charge in [-0.2, -0.15) is 0 Å². The minimum atomic E-state index is -0.678. The van der Waals surface area contributed by atoms with Crippen molar-refractivity contribution in [2.24, 2.45) is 0 Å². The lowest BCUT2D eigenvalue weighted by atomic mass is 10.1. The van der Waals surface area contributed by atoms with E-state index in [4.69, 9.17) is 9.94 Å². The molecule has 0 saturated carbocycles. The zero-order valence-corrected chi connectivity index (χ0v) is 16.8. The van der Waals surface area contributed by atoms with Gasteiger partial charge in [-0.15, -0.1) is 11.3 Å². The average molecular weight is 397 g/mol. The Kier molecular flexibility index (Phi) is 7.20. The highest BCUT2D eigenvalue weighted by atomic mass is 32.1. The van der Waals surface area contributed by atoms with Gasteiger partial charge in [0.15, 0.2) is 0 Å². The van der Waals surface area contributed by atoms with Crippen molar-refractivity contribution in [1.29, 1.82) is 0 Å². The van der Waals surface area contributed by atoms with Crippen LogP contribution in [-0.4, -0.2) is 64.2 Å². The van der Waals surface area contributed by atoms with Crippen molar-refractivity contribution >= 4 is 29.2 Å². The molecule has 1 atom stereocenters. The van der Waals surface area contributed by atoms with Crippen LogP contribution in [0, 0.1) is 0 Å². The maximum atomic E-state index is 13.0. The van der Waals surface area contributed by atoms with Crippen molar-refractivity contribution in [2.75, 3.05) is 19.6 Å². The smallest absolute Gasteiger partial charge is 0.329 e. The molecule has 1 aliphatic rings. The van der Waals surface area contributed by atoms with Crippen LogP contribution in [-0.2, 0) is 20.7 Å². The van der Waals surface area contributed by atoms with E-state index < -0.39 is 29.6 Å². The van der Waals surface area contributed by atoms with Gasteiger partial charge < -0.3 is 14.5 Å². The van der Waals surface area contributed by atoms with E-state index in [1.165, 1.54) is 9.80 Å². The van der Waals surface area contributed by atoms with Crippen LogP contribution in [0.25, 0.3) is 0 Å². The first kappa shape index (κ1) is 21.2. The lowest BCUT2D eigenvalue weighted by Gasteiger charge is -2.31. The summed E-state index contributed by atoms with van der Waals surface area (Å²) in [6.45, 7) is 5.81. The van der Waals surface area contributed by atoms with Gasteiger partial charge in [-0.1, -0.05) is 6.07 Å². The third-order valence-corrected chi connectivity index (χ3v) is 5.05. The van der Waals surface area contributed by atoms with E-state index >= 15 is 0 Å². The lowest BCUT2D eigenvalue weighted by Crippen LogP contribution is -2.51. The van der Waals surface area contributed by atoms with Gasteiger partial charge in [-0.25, -0.2) is 15.1 Å². The molecule has 150 valence electrons. The van der Waals surface area contributed by atoms with Gasteiger partial charge in [0.1, 0.15) is 18.2 Å². The summed E-state index contributed by atoms with van der Waals surface area (Å²) >= 11 is 1.57. The van der Waals surface area contributed by atoms with E-state index in [9.17, 15) is 14.4 Å². The number of nitrogens with zero attached hydrogens (tertiary/aromatic N) is 2. The number of nitrogens with one attached hydrogen (secondary N) is 1. The second-order valence-corrected chi connectivity index (χ2v) is 8.49. The highest BCUT2D eigenvalue weighted by Crippen LogP contribution is 2.23. The summed E-state index contributed by atoms with van der Waals surface area (Å²) in [5.41, 5.74) is 0.924. The van der Waals surface area contributed by atoms with Crippen molar-refractivity contribution in [1.82, 2.24) is 15.3 Å². The van der Waals surface area contributed by atoms with Crippen LogP contribution >= 0.6 is 11.3 Å². The van der Waals surface area contributed by atoms with E-state index in [0.29, 0.717) is 32.4 Å². The van der Waals surface area contributed by atoms with Crippen LogP contribution in [0.4, 0.5) is 4.79 Å². The molecule has 27 heavy (non-hydrogen) atoms. The summed E-state index contributed by atoms with van der Waals surface area (Å²) in [5, 5.41) is 10.8. The monoisotopic (exact) mass is 397 g/mol. The van der Waals surface area contributed by atoms with Gasteiger partial charge in [0.05, 0.1) is 0 Å². The summed E-state index contributed by atoms with van der Waals surface area (Å²) in [6.07, 6.45) is 1.82. The quantitative estimate of drug-likeness (QED) is 0.435. The SMILES string of the molecule is CC(C)(C)OC(=O)[C@@H]1CCCN1C(=O)N(CCc1cccs1)CC(=O)NO. The highest BCUT2D eigenvalue weighted by molar-refractivity contribution is 7.09. The Morgan fingerprint density at radius 2 is 2.15 bits per heavy atom. The van der Waals surface area contributed by atoms with E-state index in [2.05, 4.69) is 0 Å². The zero-order chi connectivity index (χ0) is 20.0. The van der Waals surface area contributed by atoms with Crippen molar-refractivity contribution in [3.8, 4) is 0 Å². The molecule has 8 nitrogen and oxygen atoms in total. The largest absolute Gasteiger partial charge is 0.458 e. The molecule has 1 fully saturated rings. The molecule has 0 bridgehead atoms. The Bertz CT molecular complexity index is 656. The molecular weight excluding hydrogens is 370 g/mol. The number of carbonyl (C=O) groups is 3.